The minimum absolute atomic E-state index is 0.584. The lowest BCUT2D eigenvalue weighted by atomic mass is 9.75. The molecule has 2 saturated heterocycles. The predicted molar refractivity (Wildman–Crippen MR) is 67.9 cm³/mol. The van der Waals surface area contributed by atoms with E-state index in [1.54, 1.807) is 0 Å². The van der Waals surface area contributed by atoms with Crippen molar-refractivity contribution in [1.29, 1.82) is 0 Å². The first kappa shape index (κ1) is 10.2. The van der Waals surface area contributed by atoms with E-state index < -0.39 is 0 Å². The maximum Gasteiger partial charge on any atom is 0.0396 e. The highest BCUT2D eigenvalue weighted by Gasteiger charge is 2.40. The van der Waals surface area contributed by atoms with Crippen molar-refractivity contribution in [2.45, 2.75) is 19.8 Å². The van der Waals surface area contributed by atoms with Gasteiger partial charge in [-0.05, 0) is 31.4 Å². The third-order valence-corrected chi connectivity index (χ3v) is 4.12. The minimum atomic E-state index is 0.584. The van der Waals surface area contributed by atoms with Crippen molar-refractivity contribution < 1.29 is 0 Å². The molecule has 1 aromatic rings. The monoisotopic (exact) mass is 216 g/mol. The SMILES string of the molecule is Cc1ccccc1N1CCCC2(CNC2)C1. The summed E-state index contributed by atoms with van der Waals surface area (Å²) in [4.78, 5) is 2.58. The van der Waals surface area contributed by atoms with Gasteiger partial charge in [0.25, 0.3) is 0 Å². The van der Waals surface area contributed by atoms with Crippen LogP contribution in [0.15, 0.2) is 24.3 Å². The van der Waals surface area contributed by atoms with Gasteiger partial charge < -0.3 is 10.2 Å². The summed E-state index contributed by atoms with van der Waals surface area (Å²) in [5.41, 5.74) is 3.43. The number of aryl methyl sites for hydroxylation is 1. The van der Waals surface area contributed by atoms with Gasteiger partial charge in [-0.15, -0.1) is 0 Å². The van der Waals surface area contributed by atoms with E-state index in [2.05, 4.69) is 41.4 Å². The Morgan fingerprint density at radius 3 is 2.75 bits per heavy atom. The van der Waals surface area contributed by atoms with E-state index in [1.807, 2.05) is 0 Å². The molecule has 0 aliphatic carbocycles. The average Bonchev–Trinajstić information content (AvgIpc) is 2.28. The molecule has 3 rings (SSSR count). The summed E-state index contributed by atoms with van der Waals surface area (Å²) >= 11 is 0. The molecule has 0 atom stereocenters. The van der Waals surface area contributed by atoms with Crippen LogP contribution >= 0.6 is 0 Å². The third-order valence-electron chi connectivity index (χ3n) is 4.12. The first-order valence-corrected chi connectivity index (χ1v) is 6.30. The van der Waals surface area contributed by atoms with Crippen LogP contribution in [0.4, 0.5) is 5.69 Å². The van der Waals surface area contributed by atoms with Crippen molar-refractivity contribution >= 4 is 5.69 Å². The topological polar surface area (TPSA) is 15.3 Å². The number of nitrogens with zero attached hydrogens (tertiary/aromatic N) is 1. The average molecular weight is 216 g/mol. The Labute approximate surface area is 97.6 Å². The number of piperidine rings is 1. The van der Waals surface area contributed by atoms with Gasteiger partial charge in [-0.25, -0.2) is 0 Å². The van der Waals surface area contributed by atoms with Crippen LogP contribution in [0.2, 0.25) is 0 Å². The maximum atomic E-state index is 3.43. The summed E-state index contributed by atoms with van der Waals surface area (Å²) in [5, 5.41) is 3.43. The summed E-state index contributed by atoms with van der Waals surface area (Å²) in [7, 11) is 0. The molecule has 0 unspecified atom stereocenters. The molecule has 2 heteroatoms. The van der Waals surface area contributed by atoms with Crippen molar-refractivity contribution in [3.05, 3.63) is 29.8 Å². The zero-order valence-corrected chi connectivity index (χ0v) is 10.00. The van der Waals surface area contributed by atoms with Gasteiger partial charge in [0.15, 0.2) is 0 Å². The van der Waals surface area contributed by atoms with E-state index in [4.69, 9.17) is 0 Å². The van der Waals surface area contributed by atoms with Gasteiger partial charge in [0, 0.05) is 37.3 Å². The van der Waals surface area contributed by atoms with Gasteiger partial charge in [0.05, 0.1) is 0 Å². The molecular formula is C14H20N2. The Kier molecular flexibility index (Phi) is 2.40. The fraction of sp³-hybridized carbons (Fsp3) is 0.571. The fourth-order valence-electron chi connectivity index (χ4n) is 3.10. The second kappa shape index (κ2) is 3.77. The first-order valence-electron chi connectivity index (χ1n) is 6.30. The minimum Gasteiger partial charge on any atom is -0.371 e. The van der Waals surface area contributed by atoms with Crippen LogP contribution in [0.25, 0.3) is 0 Å². The molecule has 0 radical (unpaired) electrons. The summed E-state index contributed by atoms with van der Waals surface area (Å²) in [6.45, 7) is 7.12. The van der Waals surface area contributed by atoms with Crippen LogP contribution in [0.5, 0.6) is 0 Å². The maximum absolute atomic E-state index is 3.43. The Balaban J connectivity index is 1.82. The van der Waals surface area contributed by atoms with Gasteiger partial charge in [-0.3, -0.25) is 0 Å². The summed E-state index contributed by atoms with van der Waals surface area (Å²) < 4.78 is 0. The van der Waals surface area contributed by atoms with Gasteiger partial charge in [-0.2, -0.15) is 0 Å². The van der Waals surface area contributed by atoms with E-state index in [-0.39, 0.29) is 0 Å². The van der Waals surface area contributed by atoms with Gasteiger partial charge in [-0.1, -0.05) is 18.2 Å². The lowest BCUT2D eigenvalue weighted by molar-refractivity contribution is 0.138. The predicted octanol–water partition coefficient (Wildman–Crippen LogP) is 2.18. The van der Waals surface area contributed by atoms with Crippen molar-refractivity contribution in [2.75, 3.05) is 31.1 Å². The van der Waals surface area contributed by atoms with Crippen LogP contribution < -0.4 is 10.2 Å². The number of rotatable bonds is 1. The quantitative estimate of drug-likeness (QED) is 0.774. The summed E-state index contributed by atoms with van der Waals surface area (Å²) in [6.07, 6.45) is 2.75. The van der Waals surface area contributed by atoms with Crippen molar-refractivity contribution in [2.24, 2.45) is 5.41 Å². The smallest absolute Gasteiger partial charge is 0.0396 e. The molecule has 16 heavy (non-hydrogen) atoms. The van der Waals surface area contributed by atoms with E-state index in [0.29, 0.717) is 5.41 Å². The van der Waals surface area contributed by atoms with Crippen LogP contribution in [0.1, 0.15) is 18.4 Å². The number of benzene rings is 1. The number of hydrogen-bond donors (Lipinski definition) is 1. The summed E-state index contributed by atoms with van der Waals surface area (Å²) in [5.74, 6) is 0. The Hall–Kier alpha value is -1.02. The largest absolute Gasteiger partial charge is 0.371 e. The fourth-order valence-corrected chi connectivity index (χ4v) is 3.10. The Bertz CT molecular complexity index is 382. The molecule has 1 spiro atoms. The zero-order chi connectivity index (χ0) is 11.0. The number of anilines is 1. The van der Waals surface area contributed by atoms with E-state index in [1.165, 1.54) is 50.3 Å². The second-order valence-corrected chi connectivity index (χ2v) is 5.42. The van der Waals surface area contributed by atoms with Crippen molar-refractivity contribution in [3.8, 4) is 0 Å². The molecule has 0 aromatic heterocycles. The van der Waals surface area contributed by atoms with Gasteiger partial charge in [0.2, 0.25) is 0 Å². The number of nitrogens with one attached hydrogen (secondary N) is 1. The van der Waals surface area contributed by atoms with E-state index >= 15 is 0 Å². The third kappa shape index (κ3) is 1.61. The molecule has 2 aliphatic rings. The molecule has 0 saturated carbocycles. The molecule has 2 fully saturated rings. The molecule has 86 valence electrons. The van der Waals surface area contributed by atoms with Crippen LogP contribution in [0, 0.1) is 12.3 Å². The van der Waals surface area contributed by atoms with E-state index in [9.17, 15) is 0 Å². The molecule has 0 amide bonds. The zero-order valence-electron chi connectivity index (χ0n) is 10.00. The normalized spacial score (nSPS) is 23.2. The van der Waals surface area contributed by atoms with Crippen molar-refractivity contribution in [1.82, 2.24) is 5.32 Å². The van der Waals surface area contributed by atoms with Crippen molar-refractivity contribution in [3.63, 3.8) is 0 Å². The number of para-hydroxylation sites is 1. The van der Waals surface area contributed by atoms with Crippen LogP contribution in [-0.2, 0) is 0 Å². The standard InChI is InChI=1S/C14H20N2/c1-12-5-2-3-6-13(12)16-8-4-7-14(11-16)9-15-10-14/h2-3,5-6,15H,4,7-11H2,1H3. The lowest BCUT2D eigenvalue weighted by Crippen LogP contribution is -2.61. The molecule has 0 bridgehead atoms. The van der Waals surface area contributed by atoms with Crippen LogP contribution in [0.3, 0.4) is 0 Å². The Morgan fingerprint density at radius 1 is 1.25 bits per heavy atom. The molecule has 2 heterocycles. The second-order valence-electron chi connectivity index (χ2n) is 5.42. The molecule has 1 N–H and O–H groups in total. The molecule has 2 aliphatic heterocycles. The van der Waals surface area contributed by atoms with Crippen LogP contribution in [-0.4, -0.2) is 26.2 Å². The first-order chi connectivity index (χ1) is 7.79. The van der Waals surface area contributed by atoms with E-state index in [0.717, 1.165) is 0 Å². The lowest BCUT2D eigenvalue weighted by Gasteiger charge is -2.50. The highest BCUT2D eigenvalue weighted by molar-refractivity contribution is 5.53. The number of hydrogen-bond acceptors (Lipinski definition) is 2. The molecule has 2 nitrogen and oxygen atoms in total. The molecule has 1 aromatic carbocycles. The highest BCUT2D eigenvalue weighted by atomic mass is 15.2. The Morgan fingerprint density at radius 2 is 2.06 bits per heavy atom. The van der Waals surface area contributed by atoms with Gasteiger partial charge >= 0.3 is 0 Å². The van der Waals surface area contributed by atoms with Gasteiger partial charge in [0.1, 0.15) is 0 Å². The highest BCUT2D eigenvalue weighted by Crippen LogP contribution is 2.36. The molecular weight excluding hydrogens is 196 g/mol. The summed E-state index contributed by atoms with van der Waals surface area (Å²) in [6, 6.07) is 8.77.